The van der Waals surface area contributed by atoms with Gasteiger partial charge in [-0.1, -0.05) is 28.1 Å². The maximum absolute atomic E-state index is 12.3. The molecule has 0 unspecified atom stereocenters. The van der Waals surface area contributed by atoms with E-state index in [1.54, 1.807) is 12.1 Å². The zero-order valence-corrected chi connectivity index (χ0v) is 12.6. The lowest BCUT2D eigenvalue weighted by Gasteiger charge is -2.05. The largest absolute Gasteiger partial charge is 0.435 e. The number of hydrogen-bond donors (Lipinski definition) is 1. The summed E-state index contributed by atoms with van der Waals surface area (Å²) in [6.45, 7) is -0.872. The number of nitrogens with zero attached hydrogens (tertiary/aromatic N) is 1. The van der Waals surface area contributed by atoms with Gasteiger partial charge in [0.1, 0.15) is 11.6 Å². The van der Waals surface area contributed by atoms with Crippen LogP contribution in [-0.4, -0.2) is 16.6 Å². The molecule has 0 radical (unpaired) electrons. The van der Waals surface area contributed by atoms with Crippen LogP contribution in [0.2, 0.25) is 0 Å². The molecule has 21 heavy (non-hydrogen) atoms. The number of fused-ring (bicyclic) bond motifs is 1. The summed E-state index contributed by atoms with van der Waals surface area (Å²) in [5, 5.41) is 0. The van der Waals surface area contributed by atoms with Crippen molar-refractivity contribution in [2.24, 2.45) is 0 Å². The second-order valence-corrected chi connectivity index (χ2v) is 5.53. The first-order valence-corrected chi connectivity index (χ1v) is 7.03. The number of halogens is 3. The van der Waals surface area contributed by atoms with Crippen molar-refractivity contribution in [3.05, 3.63) is 46.4 Å². The van der Waals surface area contributed by atoms with Crippen LogP contribution in [0, 0.1) is 6.92 Å². The van der Waals surface area contributed by atoms with E-state index in [0.717, 1.165) is 21.1 Å². The molecular formula is C15H11BrF2N2O. The van der Waals surface area contributed by atoms with Gasteiger partial charge >= 0.3 is 6.61 Å². The molecule has 3 rings (SSSR count). The Labute approximate surface area is 128 Å². The molecule has 0 aliphatic rings. The quantitative estimate of drug-likeness (QED) is 0.727. The summed E-state index contributed by atoms with van der Waals surface area (Å²) < 4.78 is 29.9. The molecular weight excluding hydrogens is 342 g/mol. The Morgan fingerprint density at radius 1 is 1.24 bits per heavy atom. The standard InChI is InChI=1S/C15H11BrF2N2O/c1-8-5-10(16)7-12-13(8)20-14(19-12)9-3-2-4-11(6-9)21-15(17)18/h2-7,15H,1H3,(H,19,20). The van der Waals surface area contributed by atoms with Crippen LogP contribution in [0.3, 0.4) is 0 Å². The summed E-state index contributed by atoms with van der Waals surface area (Å²) in [7, 11) is 0. The minimum Gasteiger partial charge on any atom is -0.435 e. The van der Waals surface area contributed by atoms with Crippen molar-refractivity contribution < 1.29 is 13.5 Å². The number of ether oxygens (including phenoxy) is 1. The lowest BCUT2D eigenvalue weighted by molar-refractivity contribution is -0.0498. The first-order valence-electron chi connectivity index (χ1n) is 6.24. The van der Waals surface area contributed by atoms with E-state index in [-0.39, 0.29) is 5.75 Å². The first-order chi connectivity index (χ1) is 10.0. The van der Waals surface area contributed by atoms with E-state index in [0.29, 0.717) is 11.4 Å². The van der Waals surface area contributed by atoms with Gasteiger partial charge in [0.2, 0.25) is 0 Å². The number of nitrogens with one attached hydrogen (secondary N) is 1. The molecule has 0 bridgehead atoms. The van der Waals surface area contributed by atoms with E-state index in [4.69, 9.17) is 0 Å². The highest BCUT2D eigenvalue weighted by molar-refractivity contribution is 9.10. The van der Waals surface area contributed by atoms with Gasteiger partial charge in [0.15, 0.2) is 0 Å². The number of H-pyrrole nitrogens is 1. The van der Waals surface area contributed by atoms with Crippen LogP contribution in [0.1, 0.15) is 5.56 Å². The normalized spacial score (nSPS) is 11.3. The minimum atomic E-state index is -2.84. The highest BCUT2D eigenvalue weighted by atomic mass is 79.9. The Hall–Kier alpha value is -1.95. The molecule has 0 saturated heterocycles. The Morgan fingerprint density at radius 3 is 2.81 bits per heavy atom. The fourth-order valence-corrected chi connectivity index (χ4v) is 2.78. The highest BCUT2D eigenvalue weighted by Crippen LogP contribution is 2.28. The maximum atomic E-state index is 12.3. The molecule has 0 fully saturated rings. The number of aromatic nitrogens is 2. The molecule has 3 nitrogen and oxygen atoms in total. The van der Waals surface area contributed by atoms with Gasteiger partial charge in [-0.3, -0.25) is 0 Å². The molecule has 3 aromatic rings. The second kappa shape index (κ2) is 5.44. The zero-order valence-electron chi connectivity index (χ0n) is 11.0. The summed E-state index contributed by atoms with van der Waals surface area (Å²) >= 11 is 3.44. The number of aromatic amines is 1. The van der Waals surface area contributed by atoms with E-state index in [1.165, 1.54) is 12.1 Å². The summed E-state index contributed by atoms with van der Waals surface area (Å²) in [6.07, 6.45) is 0. The number of rotatable bonds is 3. The van der Waals surface area contributed by atoms with E-state index in [9.17, 15) is 8.78 Å². The summed E-state index contributed by atoms with van der Waals surface area (Å²) in [4.78, 5) is 7.71. The number of imidazole rings is 1. The molecule has 0 spiro atoms. The summed E-state index contributed by atoms with van der Waals surface area (Å²) in [5.74, 6) is 0.728. The van der Waals surface area contributed by atoms with E-state index >= 15 is 0 Å². The van der Waals surface area contributed by atoms with Crippen molar-refractivity contribution in [1.82, 2.24) is 9.97 Å². The molecule has 108 valence electrons. The van der Waals surface area contributed by atoms with Gasteiger partial charge in [0.05, 0.1) is 11.0 Å². The third-order valence-corrected chi connectivity index (χ3v) is 3.53. The van der Waals surface area contributed by atoms with Crippen molar-refractivity contribution >= 4 is 27.0 Å². The lowest BCUT2D eigenvalue weighted by Crippen LogP contribution is -2.01. The topological polar surface area (TPSA) is 37.9 Å². The second-order valence-electron chi connectivity index (χ2n) is 4.61. The van der Waals surface area contributed by atoms with Gasteiger partial charge in [0, 0.05) is 10.0 Å². The summed E-state index contributed by atoms with van der Waals surface area (Å²) in [6, 6.07) is 10.4. The molecule has 0 saturated carbocycles. The molecule has 6 heteroatoms. The number of hydrogen-bond acceptors (Lipinski definition) is 2. The molecule has 0 aliphatic carbocycles. The molecule has 0 atom stereocenters. The van der Waals surface area contributed by atoms with Gasteiger partial charge in [-0.25, -0.2) is 4.98 Å². The van der Waals surface area contributed by atoms with Crippen LogP contribution in [0.5, 0.6) is 5.75 Å². The van der Waals surface area contributed by atoms with E-state index in [1.807, 2.05) is 19.1 Å². The third-order valence-electron chi connectivity index (χ3n) is 3.07. The van der Waals surface area contributed by atoms with Crippen LogP contribution in [0.25, 0.3) is 22.4 Å². The Balaban J connectivity index is 2.06. The van der Waals surface area contributed by atoms with Crippen LogP contribution in [0.4, 0.5) is 8.78 Å². The maximum Gasteiger partial charge on any atom is 0.387 e. The van der Waals surface area contributed by atoms with Gasteiger partial charge in [-0.2, -0.15) is 8.78 Å². The summed E-state index contributed by atoms with van der Waals surface area (Å²) in [5.41, 5.74) is 3.46. The molecule has 1 N–H and O–H groups in total. The Morgan fingerprint density at radius 2 is 2.05 bits per heavy atom. The molecule has 1 aromatic heterocycles. The van der Waals surface area contributed by atoms with Crippen molar-refractivity contribution in [1.29, 1.82) is 0 Å². The van der Waals surface area contributed by atoms with Gasteiger partial charge in [-0.05, 0) is 36.8 Å². The van der Waals surface area contributed by atoms with Crippen molar-refractivity contribution in [3.8, 4) is 17.1 Å². The zero-order chi connectivity index (χ0) is 15.0. The van der Waals surface area contributed by atoms with Crippen LogP contribution in [0.15, 0.2) is 40.9 Å². The average Bonchev–Trinajstić information content (AvgIpc) is 2.82. The van der Waals surface area contributed by atoms with Gasteiger partial charge < -0.3 is 9.72 Å². The predicted octanol–water partition coefficient (Wildman–Crippen LogP) is 4.90. The third kappa shape index (κ3) is 2.90. The van der Waals surface area contributed by atoms with Crippen molar-refractivity contribution in [2.45, 2.75) is 13.5 Å². The molecule has 0 amide bonds. The molecule has 1 heterocycles. The first kappa shape index (κ1) is 14.0. The van der Waals surface area contributed by atoms with Crippen molar-refractivity contribution in [2.75, 3.05) is 0 Å². The number of aryl methyl sites for hydroxylation is 1. The van der Waals surface area contributed by atoms with Gasteiger partial charge in [0.25, 0.3) is 0 Å². The predicted molar refractivity (Wildman–Crippen MR) is 80.6 cm³/mol. The van der Waals surface area contributed by atoms with Gasteiger partial charge in [-0.15, -0.1) is 0 Å². The van der Waals surface area contributed by atoms with E-state index < -0.39 is 6.61 Å². The minimum absolute atomic E-state index is 0.112. The Bertz CT molecular complexity index is 801. The highest BCUT2D eigenvalue weighted by Gasteiger charge is 2.10. The fourth-order valence-electron chi connectivity index (χ4n) is 2.20. The lowest BCUT2D eigenvalue weighted by atomic mass is 10.2. The van der Waals surface area contributed by atoms with Crippen LogP contribution >= 0.6 is 15.9 Å². The van der Waals surface area contributed by atoms with E-state index in [2.05, 4.69) is 30.6 Å². The Kier molecular flexibility index (Phi) is 3.63. The molecule has 2 aromatic carbocycles. The smallest absolute Gasteiger partial charge is 0.387 e. The van der Waals surface area contributed by atoms with Crippen molar-refractivity contribution in [3.63, 3.8) is 0 Å². The molecule has 0 aliphatic heterocycles. The number of benzene rings is 2. The van der Waals surface area contributed by atoms with Crippen LogP contribution in [-0.2, 0) is 0 Å². The SMILES string of the molecule is Cc1cc(Br)cc2[nH]c(-c3cccc(OC(F)F)c3)nc12. The van der Waals surface area contributed by atoms with Crippen LogP contribution < -0.4 is 4.74 Å². The number of alkyl halides is 2. The monoisotopic (exact) mass is 352 g/mol. The average molecular weight is 353 g/mol. The fraction of sp³-hybridized carbons (Fsp3) is 0.133.